The van der Waals surface area contributed by atoms with Crippen molar-refractivity contribution in [2.75, 3.05) is 36.3 Å². The summed E-state index contributed by atoms with van der Waals surface area (Å²) in [5.74, 6) is 1.63. The van der Waals surface area contributed by atoms with E-state index in [9.17, 15) is 8.42 Å². The van der Waals surface area contributed by atoms with E-state index < -0.39 is 15.2 Å². The number of nitrogens with zero attached hydrogens (tertiary/aromatic N) is 1. The minimum Gasteiger partial charge on any atom is -0.353 e. The molecule has 1 fully saturated rings. The number of benzene rings is 1. The van der Waals surface area contributed by atoms with Crippen molar-refractivity contribution in [1.29, 1.82) is 0 Å². The summed E-state index contributed by atoms with van der Waals surface area (Å²) in [6, 6.07) is 8.13. The molecule has 1 aromatic rings. The van der Waals surface area contributed by atoms with Crippen LogP contribution in [-0.2, 0) is 16.4 Å². The first-order valence-electron chi connectivity index (χ1n) is 6.29. The molecule has 1 unspecified atom stereocenters. The lowest BCUT2D eigenvalue weighted by atomic mass is 10.2. The van der Waals surface area contributed by atoms with Crippen LogP contribution in [0, 0.1) is 0 Å². The quantitative estimate of drug-likeness (QED) is 0.909. The van der Waals surface area contributed by atoms with E-state index >= 15 is 0 Å². The molecule has 1 atom stereocenters. The van der Waals surface area contributed by atoms with Gasteiger partial charge in [0, 0.05) is 36.5 Å². The molecule has 4 nitrogen and oxygen atoms in total. The minimum atomic E-state index is -3.05. The average molecular weight is 300 g/mol. The van der Waals surface area contributed by atoms with Gasteiger partial charge < -0.3 is 10.2 Å². The molecule has 1 aromatic carbocycles. The third-order valence-electron chi connectivity index (χ3n) is 3.23. The molecule has 0 saturated carbocycles. The zero-order valence-corrected chi connectivity index (χ0v) is 12.9. The number of anilines is 1. The fraction of sp³-hybridized carbons (Fsp3) is 0.538. The molecular weight excluding hydrogens is 280 g/mol. The third kappa shape index (κ3) is 3.64. The van der Waals surface area contributed by atoms with Gasteiger partial charge >= 0.3 is 0 Å². The van der Waals surface area contributed by atoms with Gasteiger partial charge in [-0.3, -0.25) is 0 Å². The maximum Gasteiger partial charge on any atom is 0.169 e. The van der Waals surface area contributed by atoms with Crippen molar-refractivity contribution in [2.45, 2.75) is 11.9 Å². The van der Waals surface area contributed by atoms with Crippen molar-refractivity contribution in [2.24, 2.45) is 0 Å². The third-order valence-corrected chi connectivity index (χ3v) is 5.87. The second kappa shape index (κ2) is 6.15. The predicted molar refractivity (Wildman–Crippen MR) is 82.5 cm³/mol. The van der Waals surface area contributed by atoms with E-state index in [0.717, 1.165) is 24.5 Å². The highest BCUT2D eigenvalue weighted by Crippen LogP contribution is 2.26. The smallest absolute Gasteiger partial charge is 0.169 e. The number of nitrogens with one attached hydrogen (secondary N) is 1. The fourth-order valence-corrected chi connectivity index (χ4v) is 5.08. The van der Waals surface area contributed by atoms with Crippen LogP contribution >= 0.6 is 11.8 Å². The van der Waals surface area contributed by atoms with E-state index in [4.69, 9.17) is 0 Å². The molecule has 0 aromatic heterocycles. The standard InChI is InChI=1S/C13H20N2O2S2/c1-14-9-11-3-5-12(6-4-11)15-7-8-18-10-13(15)19(2,16)17/h3-6,13-14H,7-10H2,1-2H3. The van der Waals surface area contributed by atoms with Gasteiger partial charge in [0.2, 0.25) is 0 Å². The molecule has 106 valence electrons. The van der Waals surface area contributed by atoms with Gasteiger partial charge in [0.25, 0.3) is 0 Å². The van der Waals surface area contributed by atoms with Crippen molar-refractivity contribution in [3.05, 3.63) is 29.8 Å². The molecule has 1 aliphatic rings. The van der Waals surface area contributed by atoms with Crippen molar-refractivity contribution < 1.29 is 8.42 Å². The van der Waals surface area contributed by atoms with Crippen molar-refractivity contribution >= 4 is 27.3 Å². The molecular formula is C13H20N2O2S2. The molecule has 0 bridgehead atoms. The Morgan fingerprint density at radius 1 is 1.37 bits per heavy atom. The van der Waals surface area contributed by atoms with Gasteiger partial charge in [0.1, 0.15) is 5.37 Å². The first-order chi connectivity index (χ1) is 9.02. The van der Waals surface area contributed by atoms with E-state index in [1.807, 2.05) is 36.2 Å². The predicted octanol–water partition coefficient (Wildman–Crippen LogP) is 1.33. The van der Waals surface area contributed by atoms with Crippen molar-refractivity contribution in [3.63, 3.8) is 0 Å². The second-order valence-electron chi connectivity index (χ2n) is 4.75. The molecule has 0 aliphatic carbocycles. The first-order valence-corrected chi connectivity index (χ1v) is 9.40. The second-order valence-corrected chi connectivity index (χ2v) is 8.10. The zero-order valence-electron chi connectivity index (χ0n) is 11.3. The van der Waals surface area contributed by atoms with Gasteiger partial charge in [-0.25, -0.2) is 8.42 Å². The van der Waals surface area contributed by atoms with Gasteiger partial charge in [-0.2, -0.15) is 11.8 Å². The van der Waals surface area contributed by atoms with Crippen LogP contribution in [-0.4, -0.2) is 45.1 Å². The number of thioether (sulfide) groups is 1. The van der Waals surface area contributed by atoms with Gasteiger partial charge in [0.15, 0.2) is 9.84 Å². The Hall–Kier alpha value is -0.720. The minimum absolute atomic E-state index is 0.401. The van der Waals surface area contributed by atoms with Gasteiger partial charge in [-0.15, -0.1) is 0 Å². The monoisotopic (exact) mass is 300 g/mol. The van der Waals surface area contributed by atoms with Crippen molar-refractivity contribution in [1.82, 2.24) is 5.32 Å². The number of sulfone groups is 1. The molecule has 0 radical (unpaired) electrons. The van der Waals surface area contributed by atoms with E-state index in [1.54, 1.807) is 11.8 Å². The maximum absolute atomic E-state index is 11.9. The van der Waals surface area contributed by atoms with E-state index in [1.165, 1.54) is 11.8 Å². The number of hydrogen-bond donors (Lipinski definition) is 1. The van der Waals surface area contributed by atoms with Crippen LogP contribution in [0.1, 0.15) is 5.56 Å². The molecule has 6 heteroatoms. The van der Waals surface area contributed by atoms with Gasteiger partial charge in [0.05, 0.1) is 0 Å². The Labute approximate surface area is 119 Å². The summed E-state index contributed by atoms with van der Waals surface area (Å²) < 4.78 is 23.7. The van der Waals surface area contributed by atoms with Crippen LogP contribution in [0.5, 0.6) is 0 Å². The Morgan fingerprint density at radius 3 is 2.63 bits per heavy atom. The molecule has 1 saturated heterocycles. The number of hydrogen-bond acceptors (Lipinski definition) is 5. The largest absolute Gasteiger partial charge is 0.353 e. The van der Waals surface area contributed by atoms with Crippen LogP contribution in [0.4, 0.5) is 5.69 Å². The summed E-state index contributed by atoms with van der Waals surface area (Å²) in [5, 5.41) is 2.70. The van der Waals surface area contributed by atoms with E-state index in [0.29, 0.717) is 5.75 Å². The highest BCUT2D eigenvalue weighted by atomic mass is 32.2. The first kappa shape index (κ1) is 14.7. The highest BCUT2D eigenvalue weighted by molar-refractivity contribution is 8.01. The molecule has 0 spiro atoms. The summed E-state index contributed by atoms with van der Waals surface area (Å²) in [5.41, 5.74) is 2.20. The lowest BCUT2D eigenvalue weighted by Crippen LogP contribution is -2.47. The summed E-state index contributed by atoms with van der Waals surface area (Å²) >= 11 is 1.71. The normalized spacial score (nSPS) is 20.5. The Balaban J connectivity index is 2.22. The molecule has 0 amide bonds. The van der Waals surface area contributed by atoms with Crippen LogP contribution in [0.15, 0.2) is 24.3 Å². The summed E-state index contributed by atoms with van der Waals surface area (Å²) in [6.07, 6.45) is 1.33. The molecule has 19 heavy (non-hydrogen) atoms. The molecule has 1 N–H and O–H groups in total. The van der Waals surface area contributed by atoms with Gasteiger partial charge in [-0.05, 0) is 24.7 Å². The summed E-state index contributed by atoms with van der Waals surface area (Å²) in [6.45, 7) is 1.61. The topological polar surface area (TPSA) is 49.4 Å². The molecule has 2 rings (SSSR count). The van der Waals surface area contributed by atoms with Crippen LogP contribution < -0.4 is 10.2 Å². The molecule has 1 aliphatic heterocycles. The zero-order chi connectivity index (χ0) is 13.9. The lowest BCUT2D eigenvalue weighted by molar-refractivity contribution is 0.584. The summed E-state index contributed by atoms with van der Waals surface area (Å²) in [7, 11) is -1.14. The average Bonchev–Trinajstić information content (AvgIpc) is 2.39. The molecule has 1 heterocycles. The van der Waals surface area contributed by atoms with Crippen LogP contribution in [0.25, 0.3) is 0 Å². The lowest BCUT2D eigenvalue weighted by Gasteiger charge is -2.36. The van der Waals surface area contributed by atoms with E-state index in [2.05, 4.69) is 5.32 Å². The highest BCUT2D eigenvalue weighted by Gasteiger charge is 2.30. The SMILES string of the molecule is CNCc1ccc(N2CCSCC2S(C)(=O)=O)cc1. The summed E-state index contributed by atoms with van der Waals surface area (Å²) in [4.78, 5) is 2.01. The van der Waals surface area contributed by atoms with Crippen LogP contribution in [0.2, 0.25) is 0 Å². The maximum atomic E-state index is 11.9. The van der Waals surface area contributed by atoms with E-state index in [-0.39, 0.29) is 0 Å². The number of rotatable bonds is 4. The van der Waals surface area contributed by atoms with Crippen LogP contribution in [0.3, 0.4) is 0 Å². The Morgan fingerprint density at radius 2 is 2.05 bits per heavy atom. The fourth-order valence-electron chi connectivity index (χ4n) is 2.24. The van der Waals surface area contributed by atoms with Crippen molar-refractivity contribution in [3.8, 4) is 0 Å². The Kier molecular flexibility index (Phi) is 4.76. The Bertz CT molecular complexity index is 514. The van der Waals surface area contributed by atoms with Gasteiger partial charge in [-0.1, -0.05) is 12.1 Å².